The van der Waals surface area contributed by atoms with Gasteiger partial charge in [-0.05, 0) is 31.0 Å². The van der Waals surface area contributed by atoms with Gasteiger partial charge in [0.15, 0.2) is 0 Å². The molecule has 8 heteroatoms. The number of nitrogens with one attached hydrogen (secondary N) is 1. The predicted octanol–water partition coefficient (Wildman–Crippen LogP) is 3.57. The van der Waals surface area contributed by atoms with E-state index in [1.807, 2.05) is 52.8 Å². The van der Waals surface area contributed by atoms with E-state index in [2.05, 4.69) is 20.6 Å². The fourth-order valence-electron chi connectivity index (χ4n) is 2.60. The van der Waals surface area contributed by atoms with E-state index in [0.717, 1.165) is 16.1 Å². The van der Waals surface area contributed by atoms with Crippen LogP contribution in [0.15, 0.2) is 23.3 Å². The minimum Gasteiger partial charge on any atom is -0.295 e. The van der Waals surface area contributed by atoms with Gasteiger partial charge in [0.05, 0.1) is 5.69 Å². The second-order valence-corrected chi connectivity index (χ2v) is 8.64. The number of hydrazone groups is 1. The Morgan fingerprint density at radius 3 is 2.59 bits per heavy atom. The quantitative estimate of drug-likeness (QED) is 0.875. The molecule has 7 nitrogen and oxygen atoms in total. The van der Waals surface area contributed by atoms with Crippen LogP contribution in [0.5, 0.6) is 0 Å². The van der Waals surface area contributed by atoms with E-state index in [9.17, 15) is 9.59 Å². The average Bonchev–Trinajstić information content (AvgIpc) is 3.06. The molecule has 0 spiro atoms. The van der Waals surface area contributed by atoms with Gasteiger partial charge >= 0.3 is 0 Å². The highest BCUT2D eigenvalue weighted by molar-refractivity contribution is 7.15. The zero-order valence-electron chi connectivity index (χ0n) is 16.2. The Balaban J connectivity index is 1.83. The molecule has 1 N–H and O–H groups in total. The predicted molar refractivity (Wildman–Crippen MR) is 107 cm³/mol. The van der Waals surface area contributed by atoms with Gasteiger partial charge in [-0.15, -0.1) is 10.2 Å². The average molecular weight is 385 g/mol. The van der Waals surface area contributed by atoms with Crippen LogP contribution in [0.2, 0.25) is 0 Å². The van der Waals surface area contributed by atoms with Crippen molar-refractivity contribution in [2.45, 2.75) is 52.9 Å². The molecule has 0 saturated heterocycles. The van der Waals surface area contributed by atoms with E-state index in [4.69, 9.17) is 0 Å². The summed E-state index contributed by atoms with van der Waals surface area (Å²) in [7, 11) is 0. The number of carbonyl (C=O) groups excluding carboxylic acids is 2. The molecule has 0 radical (unpaired) electrons. The third-order valence-electron chi connectivity index (χ3n) is 4.17. The van der Waals surface area contributed by atoms with E-state index in [1.54, 1.807) is 0 Å². The van der Waals surface area contributed by atoms with Gasteiger partial charge in [0.2, 0.25) is 11.0 Å². The maximum Gasteiger partial charge on any atom is 0.273 e. The van der Waals surface area contributed by atoms with Gasteiger partial charge < -0.3 is 0 Å². The number of carbonyl (C=O) groups is 2. The Kier molecular flexibility index (Phi) is 5.10. The highest BCUT2D eigenvalue weighted by Crippen LogP contribution is 2.28. The lowest BCUT2D eigenvalue weighted by atomic mass is 9.98. The number of aryl methyl sites for hydroxylation is 2. The van der Waals surface area contributed by atoms with E-state index in [0.29, 0.717) is 23.0 Å². The topological polar surface area (TPSA) is 87.6 Å². The standard InChI is InChI=1S/C19H23N5O2S/c1-11-6-7-12(2)14(10-11)24-15(25)9-8-13(23-24)16(26)20-18-22-21-17(27-18)19(3,4)5/h6-7,10H,8-9H2,1-5H3,(H,20,22,26). The van der Waals surface area contributed by atoms with Crippen molar-refractivity contribution in [3.63, 3.8) is 0 Å². The molecule has 1 aromatic heterocycles. The summed E-state index contributed by atoms with van der Waals surface area (Å²) in [5.41, 5.74) is 2.84. The number of hydrogen-bond donors (Lipinski definition) is 1. The Morgan fingerprint density at radius 1 is 1.19 bits per heavy atom. The van der Waals surface area contributed by atoms with Crippen molar-refractivity contribution in [2.24, 2.45) is 5.10 Å². The summed E-state index contributed by atoms with van der Waals surface area (Å²) in [4.78, 5) is 25.0. The molecule has 0 fully saturated rings. The number of rotatable bonds is 3. The van der Waals surface area contributed by atoms with Crippen LogP contribution in [-0.4, -0.2) is 27.7 Å². The molecule has 27 heavy (non-hydrogen) atoms. The lowest BCUT2D eigenvalue weighted by Crippen LogP contribution is -2.36. The molecular formula is C19H23N5O2S. The van der Waals surface area contributed by atoms with Gasteiger partial charge in [-0.3, -0.25) is 14.9 Å². The van der Waals surface area contributed by atoms with Crippen LogP contribution in [0.25, 0.3) is 0 Å². The van der Waals surface area contributed by atoms with Crippen molar-refractivity contribution in [3.05, 3.63) is 34.3 Å². The van der Waals surface area contributed by atoms with Gasteiger partial charge in [0.1, 0.15) is 10.7 Å². The lowest BCUT2D eigenvalue weighted by Gasteiger charge is -2.24. The molecule has 3 rings (SSSR count). The van der Waals surface area contributed by atoms with Gasteiger partial charge in [0, 0.05) is 18.3 Å². The maximum atomic E-state index is 12.6. The SMILES string of the molecule is Cc1ccc(C)c(N2N=C(C(=O)Nc3nnc(C(C)(C)C)s3)CCC2=O)c1. The highest BCUT2D eigenvalue weighted by Gasteiger charge is 2.27. The van der Waals surface area contributed by atoms with E-state index < -0.39 is 0 Å². The van der Waals surface area contributed by atoms with E-state index in [1.165, 1.54) is 16.3 Å². The second-order valence-electron chi connectivity index (χ2n) is 7.66. The molecule has 1 aromatic carbocycles. The first-order chi connectivity index (χ1) is 12.6. The van der Waals surface area contributed by atoms with Crippen molar-refractivity contribution in [1.82, 2.24) is 10.2 Å². The first-order valence-electron chi connectivity index (χ1n) is 8.78. The van der Waals surface area contributed by atoms with Crippen LogP contribution >= 0.6 is 11.3 Å². The van der Waals surface area contributed by atoms with Crippen LogP contribution in [-0.2, 0) is 15.0 Å². The smallest absolute Gasteiger partial charge is 0.273 e. The molecule has 2 heterocycles. The summed E-state index contributed by atoms with van der Waals surface area (Å²) < 4.78 is 0. The molecule has 2 amide bonds. The molecular weight excluding hydrogens is 362 g/mol. The van der Waals surface area contributed by atoms with Gasteiger partial charge in [-0.2, -0.15) is 5.10 Å². The highest BCUT2D eigenvalue weighted by atomic mass is 32.1. The Labute approximate surface area is 162 Å². The lowest BCUT2D eigenvalue weighted by molar-refractivity contribution is -0.118. The Hall–Kier alpha value is -2.61. The van der Waals surface area contributed by atoms with Crippen LogP contribution in [0.1, 0.15) is 49.7 Å². The number of anilines is 2. The largest absolute Gasteiger partial charge is 0.295 e. The Morgan fingerprint density at radius 2 is 1.93 bits per heavy atom. The monoisotopic (exact) mass is 385 g/mol. The number of hydrogen-bond acceptors (Lipinski definition) is 6. The summed E-state index contributed by atoms with van der Waals surface area (Å²) >= 11 is 1.34. The fourth-order valence-corrected chi connectivity index (χ4v) is 3.39. The summed E-state index contributed by atoms with van der Waals surface area (Å²) in [6, 6.07) is 5.82. The van der Waals surface area contributed by atoms with Gasteiger partial charge in [0.25, 0.3) is 5.91 Å². The fraction of sp³-hybridized carbons (Fsp3) is 0.421. The third kappa shape index (κ3) is 4.21. The molecule has 0 aliphatic carbocycles. The zero-order valence-corrected chi connectivity index (χ0v) is 17.0. The molecule has 1 aliphatic heterocycles. The summed E-state index contributed by atoms with van der Waals surface area (Å²) in [6.45, 7) is 9.99. The number of aromatic nitrogens is 2. The van der Waals surface area contributed by atoms with Crippen LogP contribution in [0, 0.1) is 13.8 Å². The number of nitrogens with zero attached hydrogens (tertiary/aromatic N) is 4. The van der Waals surface area contributed by atoms with Crippen molar-refractivity contribution < 1.29 is 9.59 Å². The number of amides is 2. The van der Waals surface area contributed by atoms with E-state index in [-0.39, 0.29) is 23.7 Å². The normalized spacial score (nSPS) is 14.9. The first-order valence-corrected chi connectivity index (χ1v) is 9.60. The molecule has 1 aliphatic rings. The van der Waals surface area contributed by atoms with Crippen molar-refractivity contribution in [3.8, 4) is 0 Å². The summed E-state index contributed by atoms with van der Waals surface area (Å²) in [5.74, 6) is -0.472. The van der Waals surface area contributed by atoms with E-state index >= 15 is 0 Å². The molecule has 142 valence electrons. The summed E-state index contributed by atoms with van der Waals surface area (Å²) in [5, 5.41) is 17.9. The Bertz CT molecular complexity index is 926. The molecule has 0 bridgehead atoms. The van der Waals surface area contributed by atoms with Crippen molar-refractivity contribution in [1.29, 1.82) is 0 Å². The summed E-state index contributed by atoms with van der Waals surface area (Å²) in [6.07, 6.45) is 0.542. The maximum absolute atomic E-state index is 12.6. The minimum atomic E-state index is -0.352. The molecule has 2 aromatic rings. The minimum absolute atomic E-state index is 0.119. The number of benzene rings is 1. The van der Waals surface area contributed by atoms with Crippen molar-refractivity contribution >= 4 is 39.7 Å². The van der Waals surface area contributed by atoms with Gasteiger partial charge in [-0.1, -0.05) is 44.2 Å². The van der Waals surface area contributed by atoms with Crippen LogP contribution in [0.3, 0.4) is 0 Å². The van der Waals surface area contributed by atoms with Crippen LogP contribution < -0.4 is 10.3 Å². The zero-order chi connectivity index (χ0) is 19.8. The molecule has 0 atom stereocenters. The first kappa shape index (κ1) is 19.2. The van der Waals surface area contributed by atoms with Gasteiger partial charge in [-0.25, -0.2) is 5.01 Å². The molecule has 0 unspecified atom stereocenters. The molecule has 0 saturated carbocycles. The third-order valence-corrected chi connectivity index (χ3v) is 5.44. The van der Waals surface area contributed by atoms with Crippen LogP contribution in [0.4, 0.5) is 10.8 Å². The second kappa shape index (κ2) is 7.19. The van der Waals surface area contributed by atoms with Crippen molar-refractivity contribution in [2.75, 3.05) is 10.3 Å².